The minimum atomic E-state index is -3.30. The number of carbonyl (C=O) groups is 2. The molecule has 1 aliphatic heterocycles. The minimum Gasteiger partial charge on any atom is -0.479 e. The molecule has 0 saturated heterocycles. The van der Waals surface area contributed by atoms with Gasteiger partial charge >= 0.3 is 0 Å². The maximum Gasteiger partial charge on any atom is 0.268 e. The number of aliphatic hydroxyl groups excluding tert-OH is 1. The van der Waals surface area contributed by atoms with Crippen molar-refractivity contribution in [3.63, 3.8) is 0 Å². The maximum absolute atomic E-state index is 12.6. The second-order valence-electron chi connectivity index (χ2n) is 6.36. The van der Waals surface area contributed by atoms with Crippen LogP contribution in [0.4, 0.5) is 5.69 Å². The monoisotopic (exact) mass is 389 g/mol. The summed E-state index contributed by atoms with van der Waals surface area (Å²) in [6, 6.07) is 10.9. The molecule has 2 aromatic carbocycles. The fraction of sp³-hybridized carbons (Fsp3) is 0.263. The van der Waals surface area contributed by atoms with Gasteiger partial charge in [-0.15, -0.1) is 0 Å². The highest BCUT2D eigenvalue weighted by Gasteiger charge is 2.32. The van der Waals surface area contributed by atoms with E-state index in [2.05, 4.69) is 0 Å². The first-order valence-corrected chi connectivity index (χ1v) is 10.1. The number of benzene rings is 2. The van der Waals surface area contributed by atoms with E-state index < -0.39 is 28.3 Å². The summed E-state index contributed by atoms with van der Waals surface area (Å²) in [4.78, 5) is 26.1. The summed E-state index contributed by atoms with van der Waals surface area (Å²) in [5, 5.41) is 9.07. The molecule has 0 bridgehead atoms. The van der Waals surface area contributed by atoms with E-state index in [0.717, 1.165) is 11.8 Å². The number of carbonyl (C=O) groups excluding carboxylic acids is 2. The second kappa shape index (κ2) is 7.13. The third-order valence-corrected chi connectivity index (χ3v) is 5.45. The molecule has 142 valence electrons. The number of hydrogen-bond acceptors (Lipinski definition) is 6. The number of Topliss-reactive ketones (excluding diaryl/α,β-unsaturated/α-hetero) is 1. The lowest BCUT2D eigenvalue weighted by Crippen LogP contribution is -2.44. The Balaban J connectivity index is 1.97. The summed E-state index contributed by atoms with van der Waals surface area (Å²) in [5.41, 5.74) is 1.44. The summed E-state index contributed by atoms with van der Waals surface area (Å²) >= 11 is 0. The number of hydrogen-bond donors (Lipinski definition) is 1. The second-order valence-corrected chi connectivity index (χ2v) is 8.38. The van der Waals surface area contributed by atoms with Crippen LogP contribution in [0.1, 0.15) is 22.8 Å². The van der Waals surface area contributed by atoms with E-state index in [4.69, 9.17) is 9.84 Å². The number of amides is 1. The van der Waals surface area contributed by atoms with Crippen molar-refractivity contribution in [2.45, 2.75) is 24.5 Å². The van der Waals surface area contributed by atoms with Gasteiger partial charge in [-0.3, -0.25) is 9.59 Å². The highest BCUT2D eigenvalue weighted by molar-refractivity contribution is 7.90. The van der Waals surface area contributed by atoms with Crippen molar-refractivity contribution in [3.05, 3.63) is 53.6 Å². The van der Waals surface area contributed by atoms with Crippen LogP contribution in [0.5, 0.6) is 5.75 Å². The van der Waals surface area contributed by atoms with Crippen LogP contribution in [0.15, 0.2) is 47.4 Å². The Morgan fingerprint density at radius 1 is 1.19 bits per heavy atom. The molecule has 0 saturated carbocycles. The van der Waals surface area contributed by atoms with Crippen molar-refractivity contribution >= 4 is 27.2 Å². The molecule has 2 aromatic rings. The number of nitrogens with zero attached hydrogens (tertiary/aromatic N) is 1. The first-order chi connectivity index (χ1) is 12.7. The molecule has 3 rings (SSSR count). The number of ether oxygens (including phenoxy) is 1. The third kappa shape index (κ3) is 3.86. The lowest BCUT2D eigenvalue weighted by atomic mass is 10.1. The van der Waals surface area contributed by atoms with E-state index in [1.807, 2.05) is 0 Å². The molecule has 27 heavy (non-hydrogen) atoms. The lowest BCUT2D eigenvalue weighted by Gasteiger charge is -2.33. The van der Waals surface area contributed by atoms with Gasteiger partial charge in [0.1, 0.15) is 12.4 Å². The quantitative estimate of drug-likeness (QED) is 0.779. The Bertz CT molecular complexity index is 997. The van der Waals surface area contributed by atoms with Crippen molar-refractivity contribution in [2.24, 2.45) is 0 Å². The molecule has 0 spiro atoms. The third-order valence-electron chi connectivity index (χ3n) is 4.33. The Morgan fingerprint density at radius 3 is 2.44 bits per heavy atom. The van der Waals surface area contributed by atoms with E-state index in [9.17, 15) is 18.0 Å². The summed E-state index contributed by atoms with van der Waals surface area (Å²) < 4.78 is 28.8. The summed E-state index contributed by atoms with van der Waals surface area (Å²) in [7, 11) is -3.30. The number of anilines is 1. The zero-order valence-electron chi connectivity index (χ0n) is 14.9. The molecule has 1 heterocycles. The average Bonchev–Trinajstić information content (AvgIpc) is 2.64. The first kappa shape index (κ1) is 19.1. The molecular weight excluding hydrogens is 370 g/mol. The zero-order chi connectivity index (χ0) is 19.8. The number of fused-ring (bicyclic) bond motifs is 1. The van der Waals surface area contributed by atoms with Crippen LogP contribution in [0.3, 0.4) is 0 Å². The summed E-state index contributed by atoms with van der Waals surface area (Å²) in [6.45, 7) is 1.20. The summed E-state index contributed by atoms with van der Waals surface area (Å²) in [5.74, 6) is -0.269. The van der Waals surface area contributed by atoms with Gasteiger partial charge in [-0.05, 0) is 42.8 Å². The smallest absolute Gasteiger partial charge is 0.268 e. The standard InChI is InChI=1S/C19H19NO6S/c1-12-19(23)20(10-13-3-6-15(7-4-13)27(2,24)25)16-9-14(17(22)11-21)5-8-18(16)26-12/h3-9,12,21H,10-11H2,1-2H3. The largest absolute Gasteiger partial charge is 0.479 e. The van der Waals surface area contributed by atoms with E-state index >= 15 is 0 Å². The maximum atomic E-state index is 12.6. The van der Waals surface area contributed by atoms with E-state index in [1.165, 1.54) is 23.1 Å². The topological polar surface area (TPSA) is 101 Å². The van der Waals surface area contributed by atoms with Crippen LogP contribution >= 0.6 is 0 Å². The highest BCUT2D eigenvalue weighted by Crippen LogP contribution is 2.36. The minimum absolute atomic E-state index is 0.195. The average molecular weight is 389 g/mol. The molecule has 1 amide bonds. The lowest BCUT2D eigenvalue weighted by molar-refractivity contribution is -0.125. The molecule has 0 radical (unpaired) electrons. The van der Waals surface area contributed by atoms with Gasteiger partial charge in [0.15, 0.2) is 21.7 Å². The van der Waals surface area contributed by atoms with Gasteiger partial charge in [0.2, 0.25) is 0 Å². The number of aliphatic hydroxyl groups is 1. The van der Waals surface area contributed by atoms with Crippen molar-refractivity contribution in [1.29, 1.82) is 0 Å². The van der Waals surface area contributed by atoms with Crippen molar-refractivity contribution in [2.75, 3.05) is 17.8 Å². The normalized spacial score (nSPS) is 16.6. The van der Waals surface area contributed by atoms with Crippen LogP contribution in [-0.4, -0.2) is 44.2 Å². The van der Waals surface area contributed by atoms with Gasteiger partial charge in [-0.1, -0.05) is 12.1 Å². The van der Waals surface area contributed by atoms with Crippen molar-refractivity contribution < 1.29 is 27.9 Å². The molecule has 8 heteroatoms. The molecule has 0 fully saturated rings. The summed E-state index contributed by atoms with van der Waals surface area (Å²) in [6.07, 6.45) is 0.442. The van der Waals surface area contributed by atoms with Gasteiger partial charge in [-0.2, -0.15) is 0 Å². The predicted molar refractivity (Wildman–Crippen MR) is 98.7 cm³/mol. The van der Waals surface area contributed by atoms with Gasteiger partial charge in [0.05, 0.1) is 17.1 Å². The fourth-order valence-corrected chi connectivity index (χ4v) is 3.49. The van der Waals surface area contributed by atoms with Gasteiger partial charge in [-0.25, -0.2) is 8.42 Å². The van der Waals surface area contributed by atoms with Crippen molar-refractivity contribution in [1.82, 2.24) is 0 Å². The Morgan fingerprint density at radius 2 is 1.85 bits per heavy atom. The van der Waals surface area contributed by atoms with Crippen LogP contribution < -0.4 is 9.64 Å². The van der Waals surface area contributed by atoms with Gasteiger partial charge in [0.25, 0.3) is 5.91 Å². The molecule has 1 aliphatic rings. The molecule has 7 nitrogen and oxygen atoms in total. The first-order valence-electron chi connectivity index (χ1n) is 8.26. The van der Waals surface area contributed by atoms with E-state index in [0.29, 0.717) is 11.4 Å². The molecule has 1 unspecified atom stereocenters. The Labute approximate surface area is 157 Å². The molecule has 1 N–H and O–H groups in total. The van der Waals surface area contributed by atoms with Crippen molar-refractivity contribution in [3.8, 4) is 5.75 Å². The van der Waals surface area contributed by atoms with Crippen LogP contribution in [0.2, 0.25) is 0 Å². The fourth-order valence-electron chi connectivity index (χ4n) is 2.86. The number of ketones is 1. The van der Waals surface area contributed by atoms with E-state index in [1.54, 1.807) is 31.2 Å². The SMILES string of the molecule is CC1Oc2ccc(C(=O)CO)cc2N(Cc2ccc(S(C)(=O)=O)cc2)C1=O. The highest BCUT2D eigenvalue weighted by atomic mass is 32.2. The van der Waals surface area contributed by atoms with Gasteiger partial charge in [0, 0.05) is 11.8 Å². The Kier molecular flexibility index (Phi) is 5.03. The molecule has 0 aliphatic carbocycles. The number of rotatable bonds is 5. The van der Waals surface area contributed by atoms with E-state index in [-0.39, 0.29) is 22.9 Å². The molecule has 0 aromatic heterocycles. The van der Waals surface area contributed by atoms with Crippen LogP contribution in [0.25, 0.3) is 0 Å². The number of sulfone groups is 1. The zero-order valence-corrected chi connectivity index (χ0v) is 15.7. The Hall–Kier alpha value is -2.71. The predicted octanol–water partition coefficient (Wildman–Crippen LogP) is 1.58. The van der Waals surface area contributed by atoms with Crippen LogP contribution in [0, 0.1) is 0 Å². The van der Waals surface area contributed by atoms with Gasteiger partial charge < -0.3 is 14.7 Å². The molecular formula is C19H19NO6S. The molecule has 1 atom stereocenters. The van der Waals surface area contributed by atoms with Crippen LogP contribution in [-0.2, 0) is 21.2 Å².